The van der Waals surface area contributed by atoms with Crippen LogP contribution in [0.15, 0.2) is 85.1 Å². The molecule has 0 radical (unpaired) electrons. The molecule has 0 unspecified atom stereocenters. The average molecular weight is 328 g/mol. The summed E-state index contributed by atoms with van der Waals surface area (Å²) < 4.78 is 2.19. The molecule has 4 rings (SSSR count). The van der Waals surface area contributed by atoms with E-state index < -0.39 is 0 Å². The minimum Gasteiger partial charge on any atom is -0.342 e. The molecule has 4 nitrogen and oxygen atoms in total. The maximum atomic E-state index is 10.8. The van der Waals surface area contributed by atoms with Crippen molar-refractivity contribution in [1.82, 2.24) is 4.57 Å². The fraction of sp³-hybridized carbons (Fsp3) is 0.0476. The molecular weight excluding hydrogens is 312 g/mol. The molecular formula is C21H16N2O2. The van der Waals surface area contributed by atoms with Crippen LogP contribution in [-0.2, 0) is 6.54 Å². The van der Waals surface area contributed by atoms with Gasteiger partial charge in [-0.1, -0.05) is 60.7 Å². The van der Waals surface area contributed by atoms with E-state index in [4.69, 9.17) is 0 Å². The highest BCUT2D eigenvalue weighted by atomic mass is 16.6. The number of rotatable bonds is 4. The first-order valence-corrected chi connectivity index (χ1v) is 8.09. The van der Waals surface area contributed by atoms with Gasteiger partial charge in [0.2, 0.25) is 0 Å². The molecule has 0 aliphatic carbocycles. The van der Waals surface area contributed by atoms with Gasteiger partial charge in [0, 0.05) is 41.3 Å². The minimum atomic E-state index is -0.373. The van der Waals surface area contributed by atoms with Gasteiger partial charge < -0.3 is 4.57 Å². The normalized spacial score (nSPS) is 10.9. The van der Waals surface area contributed by atoms with Crippen LogP contribution in [0.5, 0.6) is 0 Å². The summed E-state index contributed by atoms with van der Waals surface area (Å²) in [5, 5.41) is 12.0. The van der Waals surface area contributed by atoms with E-state index in [1.54, 1.807) is 12.1 Å². The highest BCUT2D eigenvalue weighted by Crippen LogP contribution is 2.31. The first-order chi connectivity index (χ1) is 12.2. The molecule has 0 aliphatic rings. The Morgan fingerprint density at radius 3 is 2.24 bits per heavy atom. The van der Waals surface area contributed by atoms with Crippen LogP contribution < -0.4 is 0 Å². The van der Waals surface area contributed by atoms with Crippen molar-refractivity contribution in [3.05, 3.63) is 101 Å². The first kappa shape index (κ1) is 15.1. The molecule has 0 atom stereocenters. The number of benzene rings is 3. The second kappa shape index (κ2) is 6.24. The number of hydrogen-bond acceptors (Lipinski definition) is 2. The lowest BCUT2D eigenvalue weighted by molar-refractivity contribution is -0.384. The quantitative estimate of drug-likeness (QED) is 0.379. The van der Waals surface area contributed by atoms with Gasteiger partial charge in [-0.05, 0) is 17.2 Å². The van der Waals surface area contributed by atoms with E-state index in [2.05, 4.69) is 35.0 Å². The zero-order valence-corrected chi connectivity index (χ0v) is 13.5. The van der Waals surface area contributed by atoms with E-state index in [1.165, 1.54) is 16.5 Å². The van der Waals surface area contributed by atoms with Crippen LogP contribution in [0.25, 0.3) is 22.0 Å². The lowest BCUT2D eigenvalue weighted by atomic mass is 10.1. The number of aromatic nitrogens is 1. The Balaban J connectivity index is 1.76. The predicted molar refractivity (Wildman–Crippen MR) is 99.6 cm³/mol. The van der Waals surface area contributed by atoms with Crippen molar-refractivity contribution >= 4 is 16.6 Å². The van der Waals surface area contributed by atoms with Crippen LogP contribution in [-0.4, -0.2) is 9.49 Å². The van der Waals surface area contributed by atoms with E-state index in [0.717, 1.165) is 11.1 Å². The molecule has 4 aromatic rings. The summed E-state index contributed by atoms with van der Waals surface area (Å²) in [6.07, 6.45) is 2.15. The first-order valence-electron chi connectivity index (χ1n) is 8.09. The third-order valence-corrected chi connectivity index (χ3v) is 4.37. The molecule has 0 amide bonds. The number of fused-ring (bicyclic) bond motifs is 1. The van der Waals surface area contributed by atoms with Crippen molar-refractivity contribution in [3.8, 4) is 11.1 Å². The van der Waals surface area contributed by atoms with Crippen molar-refractivity contribution in [3.63, 3.8) is 0 Å². The summed E-state index contributed by atoms with van der Waals surface area (Å²) in [5.74, 6) is 0. The van der Waals surface area contributed by atoms with Gasteiger partial charge in [-0.3, -0.25) is 10.1 Å². The second-order valence-electron chi connectivity index (χ2n) is 5.98. The van der Waals surface area contributed by atoms with Crippen molar-refractivity contribution in [2.24, 2.45) is 0 Å². The molecule has 0 aliphatic heterocycles. The molecule has 0 saturated heterocycles. The van der Waals surface area contributed by atoms with Gasteiger partial charge in [0.1, 0.15) is 0 Å². The molecule has 25 heavy (non-hydrogen) atoms. The molecule has 0 N–H and O–H groups in total. The van der Waals surface area contributed by atoms with Gasteiger partial charge in [0.25, 0.3) is 5.69 Å². The second-order valence-corrected chi connectivity index (χ2v) is 5.98. The number of hydrogen-bond donors (Lipinski definition) is 0. The van der Waals surface area contributed by atoms with Crippen molar-refractivity contribution in [1.29, 1.82) is 0 Å². The molecule has 0 saturated carbocycles. The summed E-state index contributed by atoms with van der Waals surface area (Å²) in [6.45, 7) is 0.672. The zero-order valence-electron chi connectivity index (χ0n) is 13.5. The largest absolute Gasteiger partial charge is 0.342 e. The zero-order chi connectivity index (χ0) is 17.2. The third-order valence-electron chi connectivity index (χ3n) is 4.37. The molecule has 0 spiro atoms. The van der Waals surface area contributed by atoms with E-state index >= 15 is 0 Å². The summed E-state index contributed by atoms with van der Waals surface area (Å²) in [7, 11) is 0. The van der Waals surface area contributed by atoms with Gasteiger partial charge in [0.05, 0.1) is 4.92 Å². The van der Waals surface area contributed by atoms with Crippen LogP contribution in [0.4, 0.5) is 5.69 Å². The van der Waals surface area contributed by atoms with Crippen molar-refractivity contribution in [2.75, 3.05) is 0 Å². The Morgan fingerprint density at radius 2 is 1.52 bits per heavy atom. The SMILES string of the molecule is O=[N+]([O-])c1ccc(Cn2cc(-c3ccccc3)c3ccccc32)cc1. The lowest BCUT2D eigenvalue weighted by Gasteiger charge is -2.05. The van der Waals surface area contributed by atoms with Gasteiger partial charge in [-0.2, -0.15) is 0 Å². The monoisotopic (exact) mass is 328 g/mol. The minimum absolute atomic E-state index is 0.117. The number of nitro groups is 1. The maximum absolute atomic E-state index is 10.8. The van der Waals surface area contributed by atoms with Crippen LogP contribution >= 0.6 is 0 Å². The Labute approximate surface area is 145 Å². The predicted octanol–water partition coefficient (Wildman–Crippen LogP) is 5.26. The molecule has 0 fully saturated rings. The Kier molecular flexibility index (Phi) is 3.78. The number of para-hydroxylation sites is 1. The van der Waals surface area contributed by atoms with Crippen molar-refractivity contribution in [2.45, 2.75) is 6.54 Å². The fourth-order valence-corrected chi connectivity index (χ4v) is 3.15. The molecule has 122 valence electrons. The Hall–Kier alpha value is -3.40. The Morgan fingerprint density at radius 1 is 0.840 bits per heavy atom. The highest BCUT2D eigenvalue weighted by molar-refractivity contribution is 5.96. The summed E-state index contributed by atoms with van der Waals surface area (Å²) in [5.41, 5.74) is 4.68. The van der Waals surface area contributed by atoms with Crippen LogP contribution in [0.3, 0.4) is 0 Å². The maximum Gasteiger partial charge on any atom is 0.269 e. The topological polar surface area (TPSA) is 48.1 Å². The summed E-state index contributed by atoms with van der Waals surface area (Å²) >= 11 is 0. The van der Waals surface area contributed by atoms with E-state index in [9.17, 15) is 10.1 Å². The molecule has 1 aromatic heterocycles. The van der Waals surface area contributed by atoms with Crippen LogP contribution in [0.1, 0.15) is 5.56 Å². The number of nitrogens with zero attached hydrogens (tertiary/aromatic N) is 2. The van der Waals surface area contributed by atoms with Gasteiger partial charge in [0.15, 0.2) is 0 Å². The molecule has 0 bridgehead atoms. The van der Waals surface area contributed by atoms with Gasteiger partial charge >= 0.3 is 0 Å². The summed E-state index contributed by atoms with van der Waals surface area (Å²) in [4.78, 5) is 10.4. The average Bonchev–Trinajstić information content (AvgIpc) is 3.02. The van der Waals surface area contributed by atoms with Gasteiger partial charge in [-0.25, -0.2) is 0 Å². The van der Waals surface area contributed by atoms with Crippen LogP contribution in [0.2, 0.25) is 0 Å². The standard InChI is InChI=1S/C21H16N2O2/c24-23(25)18-12-10-16(11-13-18)14-22-15-20(17-6-2-1-3-7-17)19-8-4-5-9-21(19)22/h1-13,15H,14H2. The van der Waals surface area contributed by atoms with E-state index in [-0.39, 0.29) is 10.6 Å². The third kappa shape index (κ3) is 2.90. The van der Waals surface area contributed by atoms with E-state index in [1.807, 2.05) is 42.5 Å². The molecule has 4 heteroatoms. The van der Waals surface area contributed by atoms with Crippen molar-refractivity contribution < 1.29 is 4.92 Å². The lowest BCUT2D eigenvalue weighted by Crippen LogP contribution is -1.98. The molecule has 1 heterocycles. The highest BCUT2D eigenvalue weighted by Gasteiger charge is 2.11. The van der Waals surface area contributed by atoms with E-state index in [0.29, 0.717) is 6.54 Å². The molecule has 3 aromatic carbocycles. The summed E-state index contributed by atoms with van der Waals surface area (Å²) in [6, 6.07) is 25.4. The number of non-ortho nitro benzene ring substituents is 1. The fourth-order valence-electron chi connectivity index (χ4n) is 3.15. The number of nitro benzene ring substituents is 1. The Bertz CT molecular complexity index is 1030. The van der Waals surface area contributed by atoms with Crippen LogP contribution in [0, 0.1) is 10.1 Å². The smallest absolute Gasteiger partial charge is 0.269 e. The van der Waals surface area contributed by atoms with Gasteiger partial charge in [-0.15, -0.1) is 0 Å².